The minimum atomic E-state index is -0.309. The summed E-state index contributed by atoms with van der Waals surface area (Å²) in [6.45, 7) is 3.82. The number of hydrogen-bond acceptors (Lipinski definition) is 3. The third kappa shape index (κ3) is 5.60. The first-order valence-corrected chi connectivity index (χ1v) is 8.63. The van der Waals surface area contributed by atoms with E-state index < -0.39 is 0 Å². The molecule has 0 aliphatic rings. The fourth-order valence-electron chi connectivity index (χ4n) is 2.20. The molecular formula is C18H22N2O2S. The van der Waals surface area contributed by atoms with Gasteiger partial charge in [0.05, 0.1) is 5.25 Å². The molecule has 1 aromatic heterocycles. The van der Waals surface area contributed by atoms with Gasteiger partial charge in [-0.2, -0.15) is 4.73 Å². The van der Waals surface area contributed by atoms with Gasteiger partial charge in [0.25, 0.3) is 5.03 Å². The molecule has 0 radical (unpaired) electrons. The highest BCUT2D eigenvalue weighted by Gasteiger charge is 2.19. The van der Waals surface area contributed by atoms with Gasteiger partial charge in [0, 0.05) is 18.2 Å². The molecule has 5 heteroatoms. The monoisotopic (exact) mass is 330 g/mol. The Hall–Kier alpha value is -2.01. The zero-order valence-electron chi connectivity index (χ0n) is 13.4. The Labute approximate surface area is 141 Å². The summed E-state index contributed by atoms with van der Waals surface area (Å²) in [6, 6.07) is 15.5. The van der Waals surface area contributed by atoms with Gasteiger partial charge in [-0.3, -0.25) is 4.79 Å². The van der Waals surface area contributed by atoms with Gasteiger partial charge in [-0.1, -0.05) is 30.3 Å². The Bertz CT molecular complexity index is 634. The van der Waals surface area contributed by atoms with Crippen molar-refractivity contribution in [2.24, 2.45) is 0 Å². The van der Waals surface area contributed by atoms with Crippen LogP contribution in [0.2, 0.25) is 0 Å². The number of aryl methyl sites for hydroxylation is 1. The number of rotatable bonds is 7. The van der Waals surface area contributed by atoms with Crippen LogP contribution in [0.4, 0.5) is 0 Å². The van der Waals surface area contributed by atoms with E-state index >= 15 is 0 Å². The number of nitrogens with zero attached hydrogens (tertiary/aromatic N) is 1. The summed E-state index contributed by atoms with van der Waals surface area (Å²) in [7, 11) is 0. The van der Waals surface area contributed by atoms with E-state index in [1.165, 1.54) is 23.5 Å². The van der Waals surface area contributed by atoms with Crippen molar-refractivity contribution in [1.82, 2.24) is 5.32 Å². The first-order chi connectivity index (χ1) is 11.1. The lowest BCUT2D eigenvalue weighted by atomic mass is 10.1. The SMILES string of the molecule is C[C@H](CCc1ccccc1)NC(=O)[C@@H](C)Sc1cccc[n+]1[O-]. The number of nitrogens with one attached hydrogen (secondary N) is 1. The molecule has 0 saturated carbocycles. The predicted molar refractivity (Wildman–Crippen MR) is 93.1 cm³/mol. The molecule has 0 unspecified atom stereocenters. The van der Waals surface area contributed by atoms with Crippen LogP contribution in [0.15, 0.2) is 59.8 Å². The van der Waals surface area contributed by atoms with Gasteiger partial charge < -0.3 is 10.5 Å². The molecule has 4 nitrogen and oxygen atoms in total. The number of thioether (sulfide) groups is 1. The fourth-order valence-corrected chi connectivity index (χ4v) is 3.06. The molecule has 0 aliphatic carbocycles. The normalized spacial score (nSPS) is 13.3. The predicted octanol–water partition coefficient (Wildman–Crippen LogP) is 2.94. The minimum Gasteiger partial charge on any atom is -0.618 e. The van der Waals surface area contributed by atoms with E-state index in [1.807, 2.05) is 32.0 Å². The maximum Gasteiger partial charge on any atom is 0.252 e. The highest BCUT2D eigenvalue weighted by Crippen LogP contribution is 2.19. The lowest BCUT2D eigenvalue weighted by molar-refractivity contribution is -0.645. The minimum absolute atomic E-state index is 0.0422. The second-order valence-corrected chi connectivity index (χ2v) is 6.92. The van der Waals surface area contributed by atoms with Crippen LogP contribution in [0, 0.1) is 5.21 Å². The molecule has 0 bridgehead atoms. The van der Waals surface area contributed by atoms with Crippen LogP contribution < -0.4 is 10.0 Å². The Morgan fingerprint density at radius 1 is 1.17 bits per heavy atom. The molecule has 2 aromatic rings. The molecule has 1 N–H and O–H groups in total. The summed E-state index contributed by atoms with van der Waals surface area (Å²) in [6.07, 6.45) is 3.26. The number of carbonyl (C=O) groups excluding carboxylic acids is 1. The quantitative estimate of drug-likeness (QED) is 0.482. The number of amides is 1. The summed E-state index contributed by atoms with van der Waals surface area (Å²) < 4.78 is 0.785. The summed E-state index contributed by atoms with van der Waals surface area (Å²) >= 11 is 1.27. The number of aromatic nitrogens is 1. The van der Waals surface area contributed by atoms with Crippen molar-refractivity contribution in [2.45, 2.75) is 43.0 Å². The largest absolute Gasteiger partial charge is 0.618 e. The van der Waals surface area contributed by atoms with Crippen LogP contribution in [0.3, 0.4) is 0 Å². The van der Waals surface area contributed by atoms with E-state index in [1.54, 1.807) is 18.2 Å². The Morgan fingerprint density at radius 3 is 2.57 bits per heavy atom. The molecule has 0 aliphatic heterocycles. The summed E-state index contributed by atoms with van der Waals surface area (Å²) in [5.74, 6) is -0.0422. The van der Waals surface area contributed by atoms with Gasteiger partial charge in [0.2, 0.25) is 5.91 Å². The van der Waals surface area contributed by atoms with Gasteiger partial charge in [-0.15, -0.1) is 0 Å². The van der Waals surface area contributed by atoms with Crippen molar-refractivity contribution in [3.63, 3.8) is 0 Å². The Kier molecular flexibility index (Phi) is 6.47. The van der Waals surface area contributed by atoms with Crippen LogP contribution in [0.5, 0.6) is 0 Å². The second kappa shape index (κ2) is 8.58. The third-order valence-corrected chi connectivity index (χ3v) is 4.68. The van der Waals surface area contributed by atoms with Crippen molar-refractivity contribution in [2.75, 3.05) is 0 Å². The number of carbonyl (C=O) groups is 1. The van der Waals surface area contributed by atoms with E-state index in [2.05, 4.69) is 17.4 Å². The highest BCUT2D eigenvalue weighted by molar-refractivity contribution is 8.00. The maximum absolute atomic E-state index is 12.2. The zero-order chi connectivity index (χ0) is 16.7. The molecule has 23 heavy (non-hydrogen) atoms. The van der Waals surface area contributed by atoms with Crippen molar-refractivity contribution in [3.05, 3.63) is 65.5 Å². The number of hydrogen-bond donors (Lipinski definition) is 1. The number of pyridine rings is 1. The first kappa shape index (κ1) is 17.3. The molecule has 1 aromatic carbocycles. The van der Waals surface area contributed by atoms with Crippen molar-refractivity contribution >= 4 is 17.7 Å². The summed E-state index contributed by atoms with van der Waals surface area (Å²) in [5, 5.41) is 14.9. The lowest BCUT2D eigenvalue weighted by Gasteiger charge is -2.17. The Morgan fingerprint density at radius 2 is 1.87 bits per heavy atom. The topological polar surface area (TPSA) is 56.0 Å². The van der Waals surface area contributed by atoms with Gasteiger partial charge in [-0.05, 0) is 50.1 Å². The lowest BCUT2D eigenvalue weighted by Crippen LogP contribution is -2.38. The second-order valence-electron chi connectivity index (χ2n) is 5.56. The van der Waals surface area contributed by atoms with Crippen molar-refractivity contribution < 1.29 is 9.52 Å². The van der Waals surface area contributed by atoms with Crippen molar-refractivity contribution in [1.29, 1.82) is 0 Å². The maximum atomic E-state index is 12.2. The smallest absolute Gasteiger partial charge is 0.252 e. The first-order valence-electron chi connectivity index (χ1n) is 7.75. The fraction of sp³-hybridized carbons (Fsp3) is 0.333. The van der Waals surface area contributed by atoms with Gasteiger partial charge in [-0.25, -0.2) is 0 Å². The highest BCUT2D eigenvalue weighted by atomic mass is 32.2. The van der Waals surface area contributed by atoms with Crippen LogP contribution in [0.1, 0.15) is 25.8 Å². The molecule has 1 heterocycles. The number of benzene rings is 1. The van der Waals surface area contributed by atoms with E-state index in [0.717, 1.165) is 17.6 Å². The standard InChI is InChI=1S/C18H22N2O2S/c1-14(11-12-16-8-4-3-5-9-16)19-18(21)15(2)23-17-10-6-7-13-20(17)22/h3-10,13-15H,11-12H2,1-2H3,(H,19,21)/t14-,15-/m1/s1. The summed E-state index contributed by atoms with van der Waals surface area (Å²) in [5.41, 5.74) is 1.27. The average Bonchev–Trinajstić information content (AvgIpc) is 2.56. The molecule has 0 saturated heterocycles. The average molecular weight is 330 g/mol. The van der Waals surface area contributed by atoms with Gasteiger partial charge in [0.1, 0.15) is 0 Å². The Balaban J connectivity index is 1.80. The van der Waals surface area contributed by atoms with Crippen LogP contribution in [-0.2, 0) is 11.2 Å². The molecule has 0 fully saturated rings. The van der Waals surface area contributed by atoms with E-state index in [0.29, 0.717) is 5.03 Å². The van der Waals surface area contributed by atoms with Gasteiger partial charge >= 0.3 is 0 Å². The molecule has 2 atom stereocenters. The van der Waals surface area contributed by atoms with Gasteiger partial charge in [0.15, 0.2) is 6.20 Å². The van der Waals surface area contributed by atoms with Crippen LogP contribution >= 0.6 is 11.8 Å². The summed E-state index contributed by atoms with van der Waals surface area (Å²) in [4.78, 5) is 12.2. The molecule has 0 spiro atoms. The third-order valence-electron chi connectivity index (χ3n) is 3.55. The molecule has 2 rings (SSSR count). The zero-order valence-corrected chi connectivity index (χ0v) is 14.3. The molecule has 122 valence electrons. The van der Waals surface area contributed by atoms with Crippen LogP contribution in [-0.4, -0.2) is 17.2 Å². The van der Waals surface area contributed by atoms with E-state index in [-0.39, 0.29) is 17.2 Å². The molecule has 1 amide bonds. The van der Waals surface area contributed by atoms with Crippen molar-refractivity contribution in [3.8, 4) is 0 Å². The van der Waals surface area contributed by atoms with E-state index in [9.17, 15) is 10.0 Å². The van der Waals surface area contributed by atoms with E-state index in [4.69, 9.17) is 0 Å². The molecular weight excluding hydrogens is 308 g/mol. The van der Waals surface area contributed by atoms with Crippen LogP contribution in [0.25, 0.3) is 0 Å².